The molecule has 0 unspecified atom stereocenters. The van der Waals surface area contributed by atoms with Gasteiger partial charge in [0.15, 0.2) is 15.6 Å². The van der Waals surface area contributed by atoms with Crippen LogP contribution < -0.4 is 10.5 Å². The van der Waals surface area contributed by atoms with E-state index in [9.17, 15) is 8.42 Å². The topological polar surface area (TPSA) is 69.4 Å². The van der Waals surface area contributed by atoms with Crippen molar-refractivity contribution in [3.8, 4) is 5.75 Å². The molecule has 1 fully saturated rings. The van der Waals surface area contributed by atoms with Crippen molar-refractivity contribution >= 4 is 25.8 Å². The minimum atomic E-state index is -3.33. The fourth-order valence-corrected chi connectivity index (χ4v) is 3.73. The molecule has 2 rings (SSSR count). The van der Waals surface area contributed by atoms with Crippen LogP contribution in [0.1, 0.15) is 18.4 Å². The summed E-state index contributed by atoms with van der Waals surface area (Å²) in [5, 5.41) is 0. The van der Waals surface area contributed by atoms with Crippen molar-refractivity contribution in [2.24, 2.45) is 5.73 Å². The summed E-state index contributed by atoms with van der Waals surface area (Å²) < 4.78 is 29.5. The van der Waals surface area contributed by atoms with Crippen LogP contribution in [0.15, 0.2) is 21.5 Å². The molecule has 1 saturated carbocycles. The molecule has 0 saturated heterocycles. The number of nitrogens with two attached hydrogens (primary N) is 1. The summed E-state index contributed by atoms with van der Waals surface area (Å²) in [4.78, 5) is 0.217. The lowest BCUT2D eigenvalue weighted by molar-refractivity contribution is 0.399. The van der Waals surface area contributed by atoms with Gasteiger partial charge in [-0.15, -0.1) is 0 Å². The van der Waals surface area contributed by atoms with E-state index in [0.717, 1.165) is 18.4 Å². The quantitative estimate of drug-likeness (QED) is 0.912. The summed E-state index contributed by atoms with van der Waals surface area (Å²) in [7, 11) is -1.86. The molecule has 0 amide bonds. The molecule has 0 aromatic heterocycles. The summed E-state index contributed by atoms with van der Waals surface area (Å²) in [6.45, 7) is 0.537. The van der Waals surface area contributed by atoms with E-state index in [-0.39, 0.29) is 10.3 Å². The Balaban J connectivity index is 2.64. The highest BCUT2D eigenvalue weighted by Gasteiger charge is 2.43. The maximum atomic E-state index is 11.8. The lowest BCUT2D eigenvalue weighted by atomic mass is 9.96. The third kappa shape index (κ3) is 2.29. The van der Waals surface area contributed by atoms with Crippen LogP contribution in [0, 0.1) is 0 Å². The largest absolute Gasteiger partial charge is 0.494 e. The third-order valence-electron chi connectivity index (χ3n) is 3.47. The summed E-state index contributed by atoms with van der Waals surface area (Å²) >= 11 is 3.37. The zero-order chi connectivity index (χ0) is 13.6. The number of sulfone groups is 1. The minimum Gasteiger partial charge on any atom is -0.494 e. The van der Waals surface area contributed by atoms with Gasteiger partial charge in [0, 0.05) is 18.2 Å². The first-order valence-corrected chi connectivity index (χ1v) is 8.31. The molecule has 1 aromatic rings. The first-order chi connectivity index (χ1) is 8.34. The normalized spacial score (nSPS) is 17.6. The summed E-state index contributed by atoms with van der Waals surface area (Å²) in [5.41, 5.74) is 6.71. The van der Waals surface area contributed by atoms with Crippen LogP contribution in [0.4, 0.5) is 0 Å². The number of benzene rings is 1. The van der Waals surface area contributed by atoms with Crippen molar-refractivity contribution in [3.63, 3.8) is 0 Å². The maximum Gasteiger partial charge on any atom is 0.179 e. The monoisotopic (exact) mass is 333 g/mol. The number of rotatable bonds is 4. The standard InChI is InChI=1S/C12H16BrNO3S/c1-17-11-9(13)5-8(12(7-14)3-4-12)6-10(11)18(2,15)16/h5-6H,3-4,7,14H2,1-2H3. The Bertz CT molecular complexity index is 579. The second kappa shape index (κ2) is 4.51. The fourth-order valence-electron chi connectivity index (χ4n) is 2.11. The summed E-state index contributed by atoms with van der Waals surface area (Å²) in [6, 6.07) is 3.60. The van der Waals surface area contributed by atoms with Gasteiger partial charge in [0.25, 0.3) is 0 Å². The average Bonchev–Trinajstić information content (AvgIpc) is 3.07. The molecule has 1 aliphatic rings. The Hall–Kier alpha value is -0.590. The van der Waals surface area contributed by atoms with E-state index in [1.807, 2.05) is 6.07 Å². The number of ether oxygens (including phenoxy) is 1. The van der Waals surface area contributed by atoms with Crippen LogP contribution in [0.2, 0.25) is 0 Å². The molecule has 6 heteroatoms. The zero-order valence-electron chi connectivity index (χ0n) is 10.4. The van der Waals surface area contributed by atoms with Crippen molar-refractivity contribution in [1.29, 1.82) is 0 Å². The Labute approximate surface area is 116 Å². The van der Waals surface area contributed by atoms with E-state index in [4.69, 9.17) is 10.5 Å². The van der Waals surface area contributed by atoms with E-state index in [2.05, 4.69) is 15.9 Å². The van der Waals surface area contributed by atoms with Crippen LogP contribution in [-0.2, 0) is 15.3 Å². The SMILES string of the molecule is COc1c(Br)cc(C2(CN)CC2)cc1S(C)(=O)=O. The first-order valence-electron chi connectivity index (χ1n) is 5.62. The van der Waals surface area contributed by atoms with E-state index in [1.54, 1.807) is 6.07 Å². The number of halogens is 1. The zero-order valence-corrected chi connectivity index (χ0v) is 12.8. The molecular weight excluding hydrogens is 318 g/mol. The van der Waals surface area contributed by atoms with Crippen LogP contribution in [0.5, 0.6) is 5.75 Å². The van der Waals surface area contributed by atoms with Gasteiger partial charge >= 0.3 is 0 Å². The van der Waals surface area contributed by atoms with Crippen LogP contribution in [0.3, 0.4) is 0 Å². The lowest BCUT2D eigenvalue weighted by Crippen LogP contribution is -2.20. The van der Waals surface area contributed by atoms with Gasteiger partial charge in [-0.1, -0.05) is 0 Å². The predicted octanol–water partition coefficient (Wildman–Crippen LogP) is 1.85. The highest BCUT2D eigenvalue weighted by Crippen LogP contribution is 2.49. The van der Waals surface area contributed by atoms with Crippen molar-refractivity contribution < 1.29 is 13.2 Å². The smallest absolute Gasteiger partial charge is 0.179 e. The maximum absolute atomic E-state index is 11.8. The molecule has 2 N–H and O–H groups in total. The Morgan fingerprint density at radius 1 is 1.44 bits per heavy atom. The van der Waals surface area contributed by atoms with Crippen molar-refractivity contribution in [2.75, 3.05) is 19.9 Å². The number of hydrogen-bond acceptors (Lipinski definition) is 4. The van der Waals surface area contributed by atoms with E-state index in [0.29, 0.717) is 16.8 Å². The highest BCUT2D eigenvalue weighted by atomic mass is 79.9. The van der Waals surface area contributed by atoms with E-state index >= 15 is 0 Å². The lowest BCUT2D eigenvalue weighted by Gasteiger charge is -2.17. The predicted molar refractivity (Wildman–Crippen MR) is 73.8 cm³/mol. The molecule has 18 heavy (non-hydrogen) atoms. The number of hydrogen-bond donors (Lipinski definition) is 1. The number of methoxy groups -OCH3 is 1. The Morgan fingerprint density at radius 2 is 2.06 bits per heavy atom. The molecule has 1 aromatic carbocycles. The molecule has 0 aliphatic heterocycles. The summed E-state index contributed by atoms with van der Waals surface area (Å²) in [6.07, 6.45) is 3.19. The van der Waals surface area contributed by atoms with Crippen molar-refractivity contribution in [3.05, 3.63) is 22.2 Å². The van der Waals surface area contributed by atoms with Gasteiger partial charge in [-0.3, -0.25) is 0 Å². The molecule has 0 bridgehead atoms. The first kappa shape index (κ1) is 13.8. The third-order valence-corrected chi connectivity index (χ3v) is 5.16. The van der Waals surface area contributed by atoms with Gasteiger partial charge in [-0.2, -0.15) is 0 Å². The van der Waals surface area contributed by atoms with Gasteiger partial charge in [0.2, 0.25) is 0 Å². The van der Waals surface area contributed by atoms with Crippen molar-refractivity contribution in [1.82, 2.24) is 0 Å². The van der Waals surface area contributed by atoms with Gasteiger partial charge in [-0.25, -0.2) is 8.42 Å². The van der Waals surface area contributed by atoms with Gasteiger partial charge in [0.1, 0.15) is 4.90 Å². The van der Waals surface area contributed by atoms with E-state index < -0.39 is 9.84 Å². The van der Waals surface area contributed by atoms with Gasteiger partial charge in [-0.05, 0) is 46.5 Å². The van der Waals surface area contributed by atoms with Gasteiger partial charge < -0.3 is 10.5 Å². The van der Waals surface area contributed by atoms with E-state index in [1.165, 1.54) is 13.4 Å². The molecule has 0 radical (unpaired) electrons. The molecule has 100 valence electrons. The minimum absolute atomic E-state index is 0.0474. The molecule has 0 atom stereocenters. The summed E-state index contributed by atoms with van der Waals surface area (Å²) in [5.74, 6) is 0.356. The van der Waals surface area contributed by atoms with Crippen LogP contribution >= 0.6 is 15.9 Å². The second-order valence-corrected chi connectivity index (χ2v) is 7.58. The van der Waals surface area contributed by atoms with Crippen LogP contribution in [-0.4, -0.2) is 28.3 Å². The molecule has 0 heterocycles. The van der Waals surface area contributed by atoms with Crippen molar-refractivity contribution in [2.45, 2.75) is 23.2 Å². The molecule has 1 aliphatic carbocycles. The Morgan fingerprint density at radius 3 is 2.44 bits per heavy atom. The van der Waals surface area contributed by atoms with Gasteiger partial charge in [0.05, 0.1) is 11.6 Å². The highest BCUT2D eigenvalue weighted by molar-refractivity contribution is 9.10. The molecule has 4 nitrogen and oxygen atoms in total. The second-order valence-electron chi connectivity index (χ2n) is 4.75. The Kier molecular flexibility index (Phi) is 3.46. The molecular formula is C12H16BrNO3S. The fraction of sp³-hybridized carbons (Fsp3) is 0.500. The van der Waals surface area contributed by atoms with Crippen LogP contribution in [0.25, 0.3) is 0 Å². The molecule has 0 spiro atoms. The average molecular weight is 334 g/mol.